The molecule has 3 amide bonds. The number of rotatable bonds is 3. The number of carbonyl (C=O) groups is 3. The smallest absolute Gasteiger partial charge is 0.251 e. The third-order valence-corrected chi connectivity index (χ3v) is 4.04. The summed E-state index contributed by atoms with van der Waals surface area (Å²) in [5, 5.41) is 6.01. The van der Waals surface area contributed by atoms with Crippen LogP contribution >= 0.6 is 0 Å². The Balaban J connectivity index is 1.90. The number of imide groups is 1. The molecule has 7 nitrogen and oxygen atoms in total. The summed E-state index contributed by atoms with van der Waals surface area (Å²) >= 11 is 0. The third kappa shape index (κ3) is 3.16. The number of nitrogens with one attached hydrogen (secondary N) is 2. The van der Waals surface area contributed by atoms with Gasteiger partial charge in [-0.1, -0.05) is 0 Å². The Hall–Kier alpha value is -1.47. The van der Waals surface area contributed by atoms with Crippen LogP contribution in [0.4, 0.5) is 0 Å². The largest absolute Gasteiger partial charge is 0.343 e. The lowest BCUT2D eigenvalue weighted by molar-refractivity contribution is -0.149. The highest BCUT2D eigenvalue weighted by Gasteiger charge is 2.34. The lowest BCUT2D eigenvalue weighted by atomic mass is 10.0. The van der Waals surface area contributed by atoms with E-state index in [0.29, 0.717) is 12.8 Å². The van der Waals surface area contributed by atoms with Crippen molar-refractivity contribution in [3.63, 3.8) is 0 Å². The lowest BCUT2D eigenvalue weighted by Gasteiger charge is -2.34. The Morgan fingerprint density at radius 1 is 1.35 bits per heavy atom. The van der Waals surface area contributed by atoms with Gasteiger partial charge in [0.05, 0.1) is 6.04 Å². The minimum atomic E-state index is -0.574. The minimum absolute atomic E-state index is 0.145. The molecule has 0 aromatic rings. The quantitative estimate of drug-likeness (QED) is 0.619. The van der Waals surface area contributed by atoms with E-state index in [9.17, 15) is 14.4 Å². The maximum atomic E-state index is 12.2. The van der Waals surface area contributed by atoms with Gasteiger partial charge in [-0.2, -0.15) is 0 Å². The second-order valence-corrected chi connectivity index (χ2v) is 5.35. The van der Waals surface area contributed by atoms with Crippen molar-refractivity contribution in [3.05, 3.63) is 0 Å². The number of carbonyl (C=O) groups excluding carboxylic acids is 3. The Morgan fingerprint density at radius 2 is 2.00 bits per heavy atom. The first kappa shape index (κ1) is 14.9. The first-order chi connectivity index (χ1) is 9.50. The molecule has 20 heavy (non-hydrogen) atoms. The van der Waals surface area contributed by atoms with Crippen LogP contribution in [0.5, 0.6) is 0 Å². The van der Waals surface area contributed by atoms with Crippen molar-refractivity contribution in [2.75, 3.05) is 33.2 Å². The first-order valence-electron chi connectivity index (χ1n) is 7.06. The van der Waals surface area contributed by atoms with E-state index < -0.39 is 6.04 Å². The molecule has 2 aliphatic heterocycles. The van der Waals surface area contributed by atoms with E-state index in [1.165, 1.54) is 7.05 Å². The van der Waals surface area contributed by atoms with Crippen LogP contribution in [0.2, 0.25) is 0 Å². The van der Waals surface area contributed by atoms with Crippen LogP contribution in [0.25, 0.3) is 0 Å². The van der Waals surface area contributed by atoms with Gasteiger partial charge in [0, 0.05) is 39.6 Å². The molecular weight excluding hydrogens is 260 g/mol. The van der Waals surface area contributed by atoms with Crippen molar-refractivity contribution < 1.29 is 14.4 Å². The predicted molar refractivity (Wildman–Crippen MR) is 72.8 cm³/mol. The Labute approximate surface area is 118 Å². The Bertz CT molecular complexity index is 406. The monoisotopic (exact) mass is 282 g/mol. The molecule has 0 spiro atoms. The molecular formula is C13H22N4O3. The topological polar surface area (TPSA) is 81.8 Å². The average molecular weight is 282 g/mol. The van der Waals surface area contributed by atoms with Gasteiger partial charge in [-0.05, 0) is 13.3 Å². The van der Waals surface area contributed by atoms with Gasteiger partial charge in [-0.3, -0.25) is 24.2 Å². The Kier molecular flexibility index (Phi) is 4.72. The van der Waals surface area contributed by atoms with E-state index in [2.05, 4.69) is 15.5 Å². The van der Waals surface area contributed by atoms with Crippen LogP contribution in [0, 0.1) is 0 Å². The fourth-order valence-electron chi connectivity index (χ4n) is 2.58. The summed E-state index contributed by atoms with van der Waals surface area (Å²) in [4.78, 5) is 38.7. The van der Waals surface area contributed by atoms with Crippen LogP contribution in [-0.2, 0) is 14.4 Å². The van der Waals surface area contributed by atoms with Crippen LogP contribution < -0.4 is 10.6 Å². The summed E-state index contributed by atoms with van der Waals surface area (Å²) < 4.78 is 0. The van der Waals surface area contributed by atoms with Gasteiger partial charge in [-0.15, -0.1) is 0 Å². The van der Waals surface area contributed by atoms with Gasteiger partial charge in [-0.25, -0.2) is 0 Å². The lowest BCUT2D eigenvalue weighted by Crippen LogP contribution is -2.58. The van der Waals surface area contributed by atoms with Gasteiger partial charge in [0.1, 0.15) is 6.04 Å². The van der Waals surface area contributed by atoms with Gasteiger partial charge in [0.2, 0.25) is 11.8 Å². The number of nitrogens with zero attached hydrogens (tertiary/aromatic N) is 2. The van der Waals surface area contributed by atoms with E-state index >= 15 is 0 Å². The molecule has 0 aromatic heterocycles. The number of piperazine rings is 1. The van der Waals surface area contributed by atoms with Crippen molar-refractivity contribution in [1.29, 1.82) is 0 Å². The summed E-state index contributed by atoms with van der Waals surface area (Å²) in [5.74, 6) is -0.647. The van der Waals surface area contributed by atoms with Crippen LogP contribution in [0.15, 0.2) is 0 Å². The van der Waals surface area contributed by atoms with E-state index in [1.54, 1.807) is 0 Å². The standard InChI is InChI=1S/C13H22N4O3/c1-9(17-7-5-14-6-8-17)12(19)15-10-3-4-11(18)16(2)13(10)20/h9-10,14H,3-8H2,1-2H3,(H,15,19). The number of hydrogen-bond donors (Lipinski definition) is 2. The molecule has 2 unspecified atom stereocenters. The number of likely N-dealkylation sites (tertiary alicyclic amines) is 1. The highest BCUT2D eigenvalue weighted by Crippen LogP contribution is 2.12. The number of piperidine rings is 1. The third-order valence-electron chi connectivity index (χ3n) is 4.04. The van der Waals surface area contributed by atoms with Crippen LogP contribution in [0.1, 0.15) is 19.8 Å². The summed E-state index contributed by atoms with van der Waals surface area (Å²) in [7, 11) is 1.46. The van der Waals surface area contributed by atoms with Crippen LogP contribution in [0.3, 0.4) is 0 Å². The van der Waals surface area contributed by atoms with Crippen molar-refractivity contribution in [3.8, 4) is 0 Å². The zero-order valence-electron chi connectivity index (χ0n) is 12.0. The van der Waals surface area contributed by atoms with Crippen molar-refractivity contribution >= 4 is 17.7 Å². The molecule has 2 fully saturated rings. The summed E-state index contributed by atoms with van der Waals surface area (Å²) in [5.41, 5.74) is 0. The maximum absolute atomic E-state index is 12.2. The van der Waals surface area contributed by atoms with Crippen LogP contribution in [-0.4, -0.2) is 72.8 Å². The summed E-state index contributed by atoms with van der Waals surface area (Å²) in [6, 6.07) is -0.830. The van der Waals surface area contributed by atoms with E-state index in [-0.39, 0.29) is 23.8 Å². The van der Waals surface area contributed by atoms with Gasteiger partial charge in [0.25, 0.3) is 5.91 Å². The number of hydrogen-bond acceptors (Lipinski definition) is 5. The van der Waals surface area contributed by atoms with Gasteiger partial charge >= 0.3 is 0 Å². The van der Waals surface area contributed by atoms with Crippen molar-refractivity contribution in [2.45, 2.75) is 31.8 Å². The zero-order chi connectivity index (χ0) is 14.7. The molecule has 2 aliphatic rings. The van der Waals surface area contributed by atoms with Crippen molar-refractivity contribution in [1.82, 2.24) is 20.4 Å². The zero-order valence-corrected chi connectivity index (χ0v) is 12.0. The van der Waals surface area contributed by atoms with E-state index in [0.717, 1.165) is 31.1 Å². The summed E-state index contributed by atoms with van der Waals surface area (Å²) in [6.45, 7) is 5.24. The molecule has 0 bridgehead atoms. The molecule has 7 heteroatoms. The number of amides is 3. The predicted octanol–water partition coefficient (Wildman–Crippen LogP) is -1.46. The fraction of sp³-hybridized carbons (Fsp3) is 0.769. The summed E-state index contributed by atoms with van der Waals surface area (Å²) in [6.07, 6.45) is 0.692. The molecule has 2 rings (SSSR count). The molecule has 112 valence electrons. The molecule has 2 atom stereocenters. The molecule has 2 heterocycles. The molecule has 0 saturated carbocycles. The molecule has 0 aliphatic carbocycles. The fourth-order valence-corrected chi connectivity index (χ4v) is 2.58. The SMILES string of the molecule is CC(C(=O)NC1CCC(=O)N(C)C1=O)N1CCNCC1. The second-order valence-electron chi connectivity index (χ2n) is 5.35. The molecule has 2 saturated heterocycles. The van der Waals surface area contributed by atoms with E-state index in [4.69, 9.17) is 0 Å². The first-order valence-corrected chi connectivity index (χ1v) is 7.06. The maximum Gasteiger partial charge on any atom is 0.251 e. The highest BCUT2D eigenvalue weighted by atomic mass is 16.2. The van der Waals surface area contributed by atoms with Crippen molar-refractivity contribution in [2.24, 2.45) is 0 Å². The average Bonchev–Trinajstić information content (AvgIpc) is 2.48. The molecule has 2 N–H and O–H groups in total. The van der Waals surface area contributed by atoms with Gasteiger partial charge in [0.15, 0.2) is 0 Å². The normalized spacial score (nSPS) is 26.5. The molecule has 0 radical (unpaired) electrons. The highest BCUT2D eigenvalue weighted by molar-refractivity contribution is 6.01. The number of likely N-dealkylation sites (N-methyl/N-ethyl adjacent to an activating group) is 1. The van der Waals surface area contributed by atoms with E-state index in [1.807, 2.05) is 6.92 Å². The molecule has 0 aromatic carbocycles. The second kappa shape index (κ2) is 6.32. The Morgan fingerprint density at radius 3 is 2.65 bits per heavy atom. The minimum Gasteiger partial charge on any atom is -0.343 e. The van der Waals surface area contributed by atoms with Gasteiger partial charge < -0.3 is 10.6 Å².